The van der Waals surface area contributed by atoms with Gasteiger partial charge in [0.2, 0.25) is 0 Å². The van der Waals surface area contributed by atoms with Crippen molar-refractivity contribution in [2.24, 2.45) is 0 Å². The van der Waals surface area contributed by atoms with Gasteiger partial charge < -0.3 is 5.32 Å². The summed E-state index contributed by atoms with van der Waals surface area (Å²) in [6.07, 6.45) is 6.35. The number of carbonyl (C=O) groups is 1. The molecule has 0 atom stereocenters. The number of aryl methyl sites for hydroxylation is 2. The van der Waals surface area contributed by atoms with Crippen molar-refractivity contribution < 1.29 is 4.79 Å². The first-order valence-electron chi connectivity index (χ1n) is 8.19. The van der Waals surface area contributed by atoms with E-state index in [0.717, 1.165) is 37.1 Å². The normalized spacial score (nSPS) is 20.6. The number of aromatic nitrogens is 4. The average Bonchev–Trinajstić information content (AvgIpc) is 2.58. The van der Waals surface area contributed by atoms with E-state index in [0.29, 0.717) is 5.69 Å². The minimum Gasteiger partial charge on any atom is -0.348 e. The summed E-state index contributed by atoms with van der Waals surface area (Å²) in [5.74, 6) is -0.197. The van der Waals surface area contributed by atoms with Crippen LogP contribution in [0.15, 0.2) is 29.3 Å². The predicted octanol–water partition coefficient (Wildman–Crippen LogP) is 1.56. The zero-order valence-electron chi connectivity index (χ0n) is 13.9. The maximum atomic E-state index is 12.2. The molecule has 1 aliphatic carbocycles. The molecule has 7 heteroatoms. The summed E-state index contributed by atoms with van der Waals surface area (Å²) < 4.78 is 1.58. The van der Waals surface area contributed by atoms with Crippen LogP contribution in [0.1, 0.15) is 53.6 Å². The number of hydrogen-bond donors (Lipinski definition) is 1. The molecule has 3 rings (SSSR count). The fraction of sp³-hybridized carbons (Fsp3) is 0.471. The Kier molecular flexibility index (Phi) is 4.69. The van der Waals surface area contributed by atoms with Gasteiger partial charge in [-0.05, 0) is 45.6 Å². The van der Waals surface area contributed by atoms with E-state index in [1.807, 2.05) is 13.8 Å². The first-order chi connectivity index (χ1) is 11.5. The minimum absolute atomic E-state index is 0.0667. The van der Waals surface area contributed by atoms with Gasteiger partial charge in [0, 0.05) is 18.3 Å². The molecule has 2 aromatic rings. The van der Waals surface area contributed by atoms with Crippen molar-refractivity contribution in [3.05, 3.63) is 52.0 Å². The third-order valence-electron chi connectivity index (χ3n) is 4.35. The molecule has 126 valence electrons. The molecule has 0 bridgehead atoms. The van der Waals surface area contributed by atoms with Gasteiger partial charge in [-0.1, -0.05) is 0 Å². The Morgan fingerprint density at radius 3 is 2.50 bits per heavy atom. The second kappa shape index (κ2) is 6.90. The van der Waals surface area contributed by atoms with E-state index in [9.17, 15) is 9.59 Å². The lowest BCUT2D eigenvalue weighted by molar-refractivity contribution is 0.0916. The fourth-order valence-electron chi connectivity index (χ4n) is 3.02. The molecule has 0 saturated heterocycles. The lowest BCUT2D eigenvalue weighted by Gasteiger charge is -2.29. The summed E-state index contributed by atoms with van der Waals surface area (Å²) in [4.78, 5) is 32.3. The maximum absolute atomic E-state index is 12.2. The highest BCUT2D eigenvalue weighted by atomic mass is 16.2. The zero-order valence-corrected chi connectivity index (χ0v) is 13.9. The number of nitrogens with one attached hydrogen (secondary N) is 1. The monoisotopic (exact) mass is 327 g/mol. The highest BCUT2D eigenvalue weighted by molar-refractivity contribution is 5.92. The Bertz CT molecular complexity index is 776. The first-order valence-corrected chi connectivity index (χ1v) is 8.19. The van der Waals surface area contributed by atoms with Gasteiger partial charge in [-0.2, -0.15) is 5.10 Å². The van der Waals surface area contributed by atoms with Gasteiger partial charge in [0.1, 0.15) is 5.69 Å². The molecular weight excluding hydrogens is 306 g/mol. The molecule has 7 nitrogen and oxygen atoms in total. The van der Waals surface area contributed by atoms with Crippen molar-refractivity contribution in [3.8, 4) is 0 Å². The van der Waals surface area contributed by atoms with Crippen LogP contribution in [0.2, 0.25) is 0 Å². The zero-order chi connectivity index (χ0) is 17.1. The van der Waals surface area contributed by atoms with Gasteiger partial charge in [0.15, 0.2) is 0 Å². The van der Waals surface area contributed by atoms with E-state index >= 15 is 0 Å². The van der Waals surface area contributed by atoms with E-state index in [1.165, 1.54) is 6.20 Å². The molecule has 1 N–H and O–H groups in total. The molecule has 0 unspecified atom stereocenters. The van der Waals surface area contributed by atoms with Gasteiger partial charge in [-0.3, -0.25) is 14.6 Å². The largest absolute Gasteiger partial charge is 0.348 e. The van der Waals surface area contributed by atoms with E-state index in [-0.39, 0.29) is 23.6 Å². The first kappa shape index (κ1) is 16.3. The summed E-state index contributed by atoms with van der Waals surface area (Å²) in [5, 5.41) is 7.34. The van der Waals surface area contributed by atoms with Crippen LogP contribution >= 0.6 is 0 Å². The molecule has 1 aliphatic rings. The molecule has 0 radical (unpaired) electrons. The summed E-state index contributed by atoms with van der Waals surface area (Å²) in [7, 11) is 0. The highest BCUT2D eigenvalue weighted by Gasteiger charge is 2.25. The Labute approximate surface area is 140 Å². The Morgan fingerprint density at radius 2 is 1.83 bits per heavy atom. The van der Waals surface area contributed by atoms with Gasteiger partial charge in [0.05, 0.1) is 23.6 Å². The molecule has 0 spiro atoms. The summed E-state index contributed by atoms with van der Waals surface area (Å²) in [6, 6.07) is 3.49. The van der Waals surface area contributed by atoms with Crippen molar-refractivity contribution in [1.82, 2.24) is 25.1 Å². The minimum atomic E-state index is -0.197. The fourth-order valence-corrected chi connectivity index (χ4v) is 3.02. The van der Waals surface area contributed by atoms with Crippen molar-refractivity contribution in [1.29, 1.82) is 0 Å². The molecule has 0 aliphatic heterocycles. The Morgan fingerprint density at radius 1 is 1.08 bits per heavy atom. The van der Waals surface area contributed by atoms with Gasteiger partial charge in [0.25, 0.3) is 11.5 Å². The second-order valence-electron chi connectivity index (χ2n) is 6.28. The Hall–Kier alpha value is -2.57. The van der Waals surface area contributed by atoms with Crippen LogP contribution in [0.3, 0.4) is 0 Å². The molecule has 0 aromatic carbocycles. The van der Waals surface area contributed by atoms with Crippen LogP contribution in [0, 0.1) is 13.8 Å². The number of rotatable bonds is 3. The number of carbonyl (C=O) groups excluding carboxylic acids is 1. The van der Waals surface area contributed by atoms with Crippen molar-refractivity contribution in [2.75, 3.05) is 0 Å². The van der Waals surface area contributed by atoms with Gasteiger partial charge >= 0.3 is 0 Å². The van der Waals surface area contributed by atoms with Crippen molar-refractivity contribution in [2.45, 2.75) is 51.6 Å². The number of hydrogen-bond acceptors (Lipinski definition) is 5. The molecular formula is C17H21N5O2. The quantitative estimate of drug-likeness (QED) is 0.924. The Balaban J connectivity index is 1.59. The predicted molar refractivity (Wildman–Crippen MR) is 88.8 cm³/mol. The second-order valence-corrected chi connectivity index (χ2v) is 6.28. The molecule has 1 amide bonds. The average molecular weight is 327 g/mol. The van der Waals surface area contributed by atoms with Crippen LogP contribution in [-0.4, -0.2) is 31.7 Å². The highest BCUT2D eigenvalue weighted by Crippen LogP contribution is 2.27. The van der Waals surface area contributed by atoms with Crippen molar-refractivity contribution in [3.63, 3.8) is 0 Å². The lowest BCUT2D eigenvalue weighted by atomic mass is 9.91. The molecule has 1 fully saturated rings. The smallest absolute Gasteiger partial charge is 0.271 e. The molecule has 1 saturated carbocycles. The van der Waals surface area contributed by atoms with Gasteiger partial charge in [-0.25, -0.2) is 9.67 Å². The van der Waals surface area contributed by atoms with Crippen LogP contribution < -0.4 is 10.9 Å². The van der Waals surface area contributed by atoms with E-state index < -0.39 is 0 Å². The van der Waals surface area contributed by atoms with E-state index in [2.05, 4.69) is 20.4 Å². The van der Waals surface area contributed by atoms with Crippen LogP contribution in [0.4, 0.5) is 0 Å². The number of amides is 1. The summed E-state index contributed by atoms with van der Waals surface area (Å²) >= 11 is 0. The standard InChI is InChI=1S/C17H21N5O2/c1-11-3-8-16(23)22(21-11)14-6-4-13(5-7-14)20-17(24)15-10-18-12(2)9-19-15/h3,8-10,13-14H,4-7H2,1-2H3,(H,20,24). The SMILES string of the molecule is Cc1cnc(C(=O)NC2CCC(n3nc(C)ccc3=O)CC2)cn1. The number of nitrogens with zero attached hydrogens (tertiary/aromatic N) is 4. The van der Waals surface area contributed by atoms with E-state index in [1.54, 1.807) is 23.0 Å². The topological polar surface area (TPSA) is 89.8 Å². The maximum Gasteiger partial charge on any atom is 0.271 e. The van der Waals surface area contributed by atoms with Crippen LogP contribution in [0.5, 0.6) is 0 Å². The third kappa shape index (κ3) is 3.67. The molecule has 2 aromatic heterocycles. The lowest BCUT2D eigenvalue weighted by Crippen LogP contribution is -2.40. The van der Waals surface area contributed by atoms with Crippen LogP contribution in [0.25, 0.3) is 0 Å². The van der Waals surface area contributed by atoms with Crippen LogP contribution in [-0.2, 0) is 0 Å². The molecule has 24 heavy (non-hydrogen) atoms. The van der Waals surface area contributed by atoms with Crippen molar-refractivity contribution >= 4 is 5.91 Å². The summed E-state index contributed by atoms with van der Waals surface area (Å²) in [5.41, 5.74) is 1.88. The summed E-state index contributed by atoms with van der Waals surface area (Å²) in [6.45, 7) is 3.71. The van der Waals surface area contributed by atoms with Gasteiger partial charge in [-0.15, -0.1) is 0 Å². The molecule has 2 heterocycles. The van der Waals surface area contributed by atoms with E-state index in [4.69, 9.17) is 0 Å². The third-order valence-corrected chi connectivity index (χ3v) is 4.35.